The molecule has 2 unspecified atom stereocenters. The molecule has 3 aliphatic rings. The van der Waals surface area contributed by atoms with Crippen LogP contribution in [0.3, 0.4) is 0 Å². The predicted octanol–water partition coefficient (Wildman–Crippen LogP) is 1.89. The fourth-order valence-electron chi connectivity index (χ4n) is 5.20. The molecule has 1 amide bonds. The number of benzene rings is 2. The molecule has 0 radical (unpaired) electrons. The van der Waals surface area contributed by atoms with Crippen molar-refractivity contribution in [1.82, 2.24) is 0 Å². The monoisotopic (exact) mass is 531 g/mol. The Morgan fingerprint density at radius 1 is 1.11 bits per heavy atom. The van der Waals surface area contributed by atoms with Crippen molar-refractivity contribution in [3.63, 3.8) is 0 Å². The van der Waals surface area contributed by atoms with Gasteiger partial charge in [0, 0.05) is 29.2 Å². The average Bonchev–Trinajstić information content (AvgIpc) is 2.81. The van der Waals surface area contributed by atoms with E-state index in [4.69, 9.17) is 11.6 Å². The second-order valence-corrected chi connectivity index (χ2v) is 11.7. The molecule has 8 nitrogen and oxygen atoms in total. The van der Waals surface area contributed by atoms with E-state index in [1.807, 2.05) is 0 Å². The number of amides is 1. The first kappa shape index (κ1) is 25.9. The summed E-state index contributed by atoms with van der Waals surface area (Å²) < 4.78 is 53.4. The van der Waals surface area contributed by atoms with Crippen LogP contribution in [0.15, 0.2) is 41.3 Å². The molecule has 2 aromatic carbocycles. The highest BCUT2D eigenvalue weighted by atomic mass is 35.5. The Bertz CT molecular complexity index is 1260. The Kier molecular flexibility index (Phi) is 6.71. The summed E-state index contributed by atoms with van der Waals surface area (Å²) in [7, 11) is -4.14. The standard InChI is InChI=1S/C23H24ClF2NO7S/c1-10(28)21(30)23(32)14-8-13(9-15(23)20(14)29)35(33,34)19-6-11(2-4-16(19)24)22(31)27-12-3-5-17(25)18(26)7-12/h2-7,10,13-15,20-21,28-30,32H,8-9H2,1H3,(H,27,31)/t10-,13?,14?,15?,20?,21+,23?/m0/s1. The summed E-state index contributed by atoms with van der Waals surface area (Å²) in [5, 5.41) is 42.3. The van der Waals surface area contributed by atoms with E-state index in [9.17, 15) is 42.4 Å². The van der Waals surface area contributed by atoms with Crippen LogP contribution in [0.25, 0.3) is 0 Å². The molecule has 2 aromatic rings. The molecular weight excluding hydrogens is 508 g/mol. The molecule has 5 rings (SSSR count). The van der Waals surface area contributed by atoms with E-state index in [1.165, 1.54) is 19.1 Å². The Labute approximate surface area is 205 Å². The molecule has 3 fully saturated rings. The number of sulfone groups is 1. The van der Waals surface area contributed by atoms with Crippen molar-refractivity contribution in [3.8, 4) is 0 Å². The number of carbonyl (C=O) groups is 1. The second kappa shape index (κ2) is 9.06. The lowest BCUT2D eigenvalue weighted by Crippen LogP contribution is -2.76. The smallest absolute Gasteiger partial charge is 0.255 e. The van der Waals surface area contributed by atoms with Crippen LogP contribution in [0, 0.1) is 23.5 Å². The summed E-state index contributed by atoms with van der Waals surface area (Å²) in [6.07, 6.45) is -4.27. The zero-order valence-corrected chi connectivity index (χ0v) is 20.0. The summed E-state index contributed by atoms with van der Waals surface area (Å²) in [6.45, 7) is 1.29. The molecule has 0 aromatic heterocycles. The van der Waals surface area contributed by atoms with Crippen molar-refractivity contribution in [2.24, 2.45) is 11.8 Å². The third kappa shape index (κ3) is 4.24. The number of aliphatic hydroxyl groups is 4. The molecule has 5 N–H and O–H groups in total. The number of fused-ring (bicyclic) bond motifs is 2. The van der Waals surface area contributed by atoms with Crippen molar-refractivity contribution in [1.29, 1.82) is 0 Å². The summed E-state index contributed by atoms with van der Waals surface area (Å²) in [6, 6.07) is 6.33. The maximum atomic E-state index is 13.4. The third-order valence-corrected chi connectivity index (χ3v) is 9.75. The van der Waals surface area contributed by atoms with Crippen molar-refractivity contribution in [2.45, 2.75) is 53.8 Å². The SMILES string of the molecule is C[C@H](O)[C@@H](O)C1(O)C2CC(S(=O)(=O)c3cc(C(=O)Nc4ccc(F)c(F)c4)ccc3Cl)CC1C2O. The number of hydrogen-bond donors (Lipinski definition) is 5. The van der Waals surface area contributed by atoms with Gasteiger partial charge in [0.05, 0.1) is 27.4 Å². The fourth-order valence-corrected chi connectivity index (χ4v) is 7.55. The van der Waals surface area contributed by atoms with Crippen LogP contribution in [0.4, 0.5) is 14.5 Å². The van der Waals surface area contributed by atoms with Gasteiger partial charge in [-0.05, 0) is 50.1 Å². The van der Waals surface area contributed by atoms with E-state index in [0.717, 1.165) is 24.3 Å². The Balaban J connectivity index is 1.58. The molecule has 4 atom stereocenters. The number of anilines is 1. The van der Waals surface area contributed by atoms with Crippen LogP contribution >= 0.6 is 11.6 Å². The molecule has 3 saturated carbocycles. The van der Waals surface area contributed by atoms with E-state index in [2.05, 4.69) is 5.32 Å². The maximum absolute atomic E-state index is 13.4. The zero-order valence-electron chi connectivity index (χ0n) is 18.4. The highest BCUT2D eigenvalue weighted by Crippen LogP contribution is 2.57. The van der Waals surface area contributed by atoms with Gasteiger partial charge in [0.25, 0.3) is 5.91 Å². The van der Waals surface area contributed by atoms with Crippen LogP contribution in [-0.4, -0.2) is 63.9 Å². The summed E-state index contributed by atoms with van der Waals surface area (Å²) in [5.74, 6) is -5.00. The number of halogens is 3. The van der Waals surface area contributed by atoms with Crippen LogP contribution in [-0.2, 0) is 9.84 Å². The van der Waals surface area contributed by atoms with Crippen LogP contribution in [0.1, 0.15) is 30.1 Å². The van der Waals surface area contributed by atoms with Gasteiger partial charge in [0.2, 0.25) is 0 Å². The van der Waals surface area contributed by atoms with Crippen LogP contribution in [0.2, 0.25) is 5.02 Å². The summed E-state index contributed by atoms with van der Waals surface area (Å²) in [5.41, 5.74) is -1.96. The fraction of sp³-hybridized carbons (Fsp3) is 0.435. The van der Waals surface area contributed by atoms with Gasteiger partial charge in [-0.3, -0.25) is 4.79 Å². The topological polar surface area (TPSA) is 144 Å². The molecule has 0 aliphatic heterocycles. The quantitative estimate of drug-likeness (QED) is 0.383. The van der Waals surface area contributed by atoms with E-state index in [-0.39, 0.29) is 34.0 Å². The van der Waals surface area contributed by atoms with Crippen molar-refractivity contribution < 1.29 is 42.4 Å². The highest BCUT2D eigenvalue weighted by Gasteiger charge is 2.69. The van der Waals surface area contributed by atoms with Crippen molar-refractivity contribution in [3.05, 3.63) is 58.6 Å². The lowest BCUT2D eigenvalue weighted by molar-refractivity contribution is -0.299. The third-order valence-electron chi connectivity index (χ3n) is 7.09. The zero-order chi connectivity index (χ0) is 25.9. The molecule has 0 saturated heterocycles. The van der Waals surface area contributed by atoms with Gasteiger partial charge in [-0.2, -0.15) is 0 Å². The second-order valence-electron chi connectivity index (χ2n) is 9.14. The molecule has 3 aliphatic carbocycles. The molecule has 0 spiro atoms. The van der Waals surface area contributed by atoms with Gasteiger partial charge in [-0.15, -0.1) is 0 Å². The first-order valence-electron chi connectivity index (χ1n) is 10.8. The minimum absolute atomic E-state index is 0.0365. The molecule has 12 heteroatoms. The number of nitrogens with one attached hydrogen (secondary N) is 1. The lowest BCUT2D eigenvalue weighted by Gasteiger charge is -2.63. The summed E-state index contributed by atoms with van der Waals surface area (Å²) >= 11 is 6.15. The van der Waals surface area contributed by atoms with Gasteiger partial charge in [-0.1, -0.05) is 11.6 Å². The number of carbonyl (C=O) groups excluding carboxylic acids is 1. The molecule has 190 valence electrons. The van der Waals surface area contributed by atoms with Crippen LogP contribution in [0.5, 0.6) is 0 Å². The number of rotatable bonds is 6. The van der Waals surface area contributed by atoms with Crippen molar-refractivity contribution in [2.75, 3.05) is 5.32 Å². The summed E-state index contributed by atoms with van der Waals surface area (Å²) in [4.78, 5) is 12.3. The van der Waals surface area contributed by atoms with Gasteiger partial charge < -0.3 is 25.7 Å². The lowest BCUT2D eigenvalue weighted by atomic mass is 9.49. The minimum Gasteiger partial charge on any atom is -0.392 e. The molecule has 2 bridgehead atoms. The largest absolute Gasteiger partial charge is 0.392 e. The maximum Gasteiger partial charge on any atom is 0.255 e. The minimum atomic E-state index is -4.14. The molecule has 35 heavy (non-hydrogen) atoms. The average molecular weight is 532 g/mol. The van der Waals surface area contributed by atoms with Gasteiger partial charge in [-0.25, -0.2) is 17.2 Å². The Morgan fingerprint density at radius 3 is 2.31 bits per heavy atom. The first-order chi connectivity index (χ1) is 16.3. The van der Waals surface area contributed by atoms with E-state index in [1.54, 1.807) is 0 Å². The predicted molar refractivity (Wildman–Crippen MR) is 122 cm³/mol. The van der Waals surface area contributed by atoms with Crippen LogP contribution < -0.4 is 5.32 Å². The Morgan fingerprint density at radius 2 is 1.74 bits per heavy atom. The molecular formula is C23H24ClF2NO7S. The van der Waals surface area contributed by atoms with E-state index < -0.39 is 68.4 Å². The number of aliphatic hydroxyl groups excluding tert-OH is 3. The van der Waals surface area contributed by atoms with Gasteiger partial charge >= 0.3 is 0 Å². The first-order valence-corrected chi connectivity index (χ1v) is 12.8. The van der Waals surface area contributed by atoms with Gasteiger partial charge in [0.15, 0.2) is 21.5 Å². The van der Waals surface area contributed by atoms with E-state index in [0.29, 0.717) is 0 Å². The molecule has 0 heterocycles. The Hall–Kier alpha value is -2.15. The van der Waals surface area contributed by atoms with E-state index >= 15 is 0 Å². The normalized spacial score (nSPS) is 29.7. The number of hydrogen-bond acceptors (Lipinski definition) is 7. The highest BCUT2D eigenvalue weighted by molar-refractivity contribution is 7.92. The van der Waals surface area contributed by atoms with Crippen molar-refractivity contribution >= 4 is 33.0 Å². The van der Waals surface area contributed by atoms with Gasteiger partial charge in [0.1, 0.15) is 11.7 Å².